The average Bonchev–Trinajstić information content (AvgIpc) is 3.21. The molecule has 17 heteroatoms. The number of carbonyl (C=O) groups is 2. The number of hydrogen-bond donors (Lipinski definition) is 6. The zero-order valence-corrected chi connectivity index (χ0v) is 38.5. The first-order valence-electron chi connectivity index (χ1n) is 22.1. The van der Waals surface area contributed by atoms with Crippen LogP contribution < -0.4 is 0 Å². The molecule has 0 saturated carbocycles. The smallest absolute Gasteiger partial charge is 0.462 e. The minimum absolute atomic E-state index is 0.0893. The molecule has 0 rings (SSSR count). The van der Waals surface area contributed by atoms with Crippen LogP contribution in [0, 0.1) is 0 Å². The summed E-state index contributed by atoms with van der Waals surface area (Å²) in [7, 11) is -9.79. The van der Waals surface area contributed by atoms with Gasteiger partial charge < -0.3 is 39.5 Å². The third-order valence-electron chi connectivity index (χ3n) is 9.07. The highest BCUT2D eigenvalue weighted by Crippen LogP contribution is 2.43. The molecule has 3 unspecified atom stereocenters. The quantitative estimate of drug-likeness (QED) is 0.0145. The van der Waals surface area contributed by atoms with Gasteiger partial charge >= 0.3 is 27.6 Å². The molecule has 0 radical (unpaired) electrons. The van der Waals surface area contributed by atoms with Crippen LogP contribution >= 0.6 is 15.6 Å². The predicted molar refractivity (Wildman–Crippen MR) is 237 cm³/mol. The first-order valence-corrected chi connectivity index (χ1v) is 25.2. The molecule has 0 aliphatic carbocycles. The number of phosphoric ester groups is 2. The minimum atomic E-state index is -4.90. The molecule has 0 aromatic heterocycles. The van der Waals surface area contributed by atoms with E-state index in [1.165, 1.54) is 38.5 Å². The Labute approximate surface area is 365 Å². The number of esters is 2. The number of hydrogen-bond acceptors (Lipinski definition) is 12. The number of unbranched alkanes of at least 4 members (excludes halogenated alkanes) is 11. The molecule has 6 N–H and O–H groups in total. The lowest BCUT2D eigenvalue weighted by atomic mass is 10.0. The Balaban J connectivity index is 4.79. The summed E-state index contributed by atoms with van der Waals surface area (Å²) in [6, 6.07) is 0. The lowest BCUT2D eigenvalue weighted by molar-refractivity contribution is -0.161. The Morgan fingerprint density at radius 3 is 1.57 bits per heavy atom. The van der Waals surface area contributed by atoms with Crippen molar-refractivity contribution in [1.29, 1.82) is 0 Å². The average molecular weight is 909 g/mol. The van der Waals surface area contributed by atoms with E-state index >= 15 is 0 Å². The molecule has 0 aliphatic heterocycles. The zero-order chi connectivity index (χ0) is 45.5. The molecule has 354 valence electrons. The van der Waals surface area contributed by atoms with Crippen LogP contribution in [-0.2, 0) is 41.8 Å². The SMILES string of the molecule is CCCCC/C=C\C/C=C\C/C=C\CC(O)C(O)CCCC(=O)O[C@H](COC(=O)CCCCCCC/C=C\C/C=C\CCCCC)COP(=O)(O)OC[C@@H](O)COP(=O)(O)O. The molecule has 0 aromatic rings. The third-order valence-corrected chi connectivity index (χ3v) is 10.5. The van der Waals surface area contributed by atoms with Crippen molar-refractivity contribution < 1.29 is 71.8 Å². The van der Waals surface area contributed by atoms with E-state index in [4.69, 9.17) is 23.8 Å². The van der Waals surface area contributed by atoms with E-state index in [9.17, 15) is 38.9 Å². The van der Waals surface area contributed by atoms with Crippen molar-refractivity contribution in [1.82, 2.24) is 0 Å². The van der Waals surface area contributed by atoms with Crippen molar-refractivity contribution in [2.45, 2.75) is 180 Å². The minimum Gasteiger partial charge on any atom is -0.462 e. The Hall–Kier alpha value is -2.26. The van der Waals surface area contributed by atoms with Crippen molar-refractivity contribution in [3.8, 4) is 0 Å². The van der Waals surface area contributed by atoms with Gasteiger partial charge in [-0.05, 0) is 83.5 Å². The summed E-state index contributed by atoms with van der Waals surface area (Å²) in [5, 5.41) is 30.5. The number of ether oxygens (including phenoxy) is 2. The van der Waals surface area contributed by atoms with Gasteiger partial charge in [0.25, 0.3) is 0 Å². The van der Waals surface area contributed by atoms with Gasteiger partial charge in [0.15, 0.2) is 6.10 Å². The summed E-state index contributed by atoms with van der Waals surface area (Å²) in [6.45, 7) is 1.35. The van der Waals surface area contributed by atoms with Gasteiger partial charge in [0.1, 0.15) is 12.7 Å². The monoisotopic (exact) mass is 908 g/mol. The highest BCUT2D eigenvalue weighted by atomic mass is 31.2. The predicted octanol–water partition coefficient (Wildman–Crippen LogP) is 9.17. The maximum atomic E-state index is 12.7. The van der Waals surface area contributed by atoms with Gasteiger partial charge in [0.2, 0.25) is 0 Å². The van der Waals surface area contributed by atoms with E-state index in [0.717, 1.165) is 57.8 Å². The van der Waals surface area contributed by atoms with Gasteiger partial charge in [-0.1, -0.05) is 120 Å². The number of phosphoric acid groups is 2. The van der Waals surface area contributed by atoms with Crippen LogP contribution in [-0.4, -0.2) is 92.8 Å². The fourth-order valence-corrected chi connectivity index (χ4v) is 6.69. The van der Waals surface area contributed by atoms with E-state index in [1.54, 1.807) is 6.08 Å². The van der Waals surface area contributed by atoms with Gasteiger partial charge in [0.05, 0.1) is 32.0 Å². The highest BCUT2D eigenvalue weighted by Gasteiger charge is 2.28. The topological polar surface area (TPSA) is 236 Å². The van der Waals surface area contributed by atoms with E-state index in [-0.39, 0.29) is 32.1 Å². The number of aliphatic hydroxyl groups excluding tert-OH is 3. The van der Waals surface area contributed by atoms with Crippen LogP contribution in [0.3, 0.4) is 0 Å². The van der Waals surface area contributed by atoms with Crippen LogP contribution in [0.15, 0.2) is 60.8 Å². The third kappa shape index (κ3) is 41.5. The van der Waals surface area contributed by atoms with Crippen LogP contribution in [0.5, 0.6) is 0 Å². The van der Waals surface area contributed by atoms with Crippen molar-refractivity contribution in [2.24, 2.45) is 0 Å². The molecule has 0 fully saturated rings. The molecule has 0 aliphatic rings. The van der Waals surface area contributed by atoms with Gasteiger partial charge in [-0.25, -0.2) is 9.13 Å². The Morgan fingerprint density at radius 1 is 0.525 bits per heavy atom. The van der Waals surface area contributed by atoms with Gasteiger partial charge in [0, 0.05) is 12.8 Å². The maximum Gasteiger partial charge on any atom is 0.472 e. The largest absolute Gasteiger partial charge is 0.472 e. The molecule has 0 spiro atoms. The number of carbonyl (C=O) groups excluding carboxylic acids is 2. The fourth-order valence-electron chi connectivity index (χ4n) is 5.54. The van der Waals surface area contributed by atoms with Crippen molar-refractivity contribution in [3.63, 3.8) is 0 Å². The Morgan fingerprint density at radius 2 is 1.00 bits per heavy atom. The van der Waals surface area contributed by atoms with Gasteiger partial charge in [-0.2, -0.15) is 0 Å². The van der Waals surface area contributed by atoms with E-state index in [1.807, 2.05) is 12.2 Å². The van der Waals surface area contributed by atoms with Crippen molar-refractivity contribution >= 4 is 27.6 Å². The standard InChI is InChI=1S/C44H78O15P2/c1-3-5-7-9-11-13-15-17-18-19-21-23-25-27-29-33-43(48)55-37-40(38-58-61(53,54)57-36-39(45)35-56-60(50,51)52)59-44(49)34-30-32-42(47)41(46)31-28-26-24-22-20-16-14-12-10-8-6-4-2/h11-14,17-18,20,22,26,28,39-42,45-47H,3-10,15-16,19,21,23-25,27,29-38H2,1-2H3,(H,53,54)(H2,50,51,52)/b13-11-,14-12-,18-17-,22-20-,28-26-/t39-,40+,41?,42?/m0/s1. The van der Waals surface area contributed by atoms with E-state index < -0.39 is 78.4 Å². The first-order chi connectivity index (χ1) is 29.2. The van der Waals surface area contributed by atoms with Gasteiger partial charge in [-0.15, -0.1) is 0 Å². The van der Waals surface area contributed by atoms with Crippen LogP contribution in [0.1, 0.15) is 155 Å². The van der Waals surface area contributed by atoms with Gasteiger partial charge in [-0.3, -0.25) is 23.2 Å². The highest BCUT2D eigenvalue weighted by molar-refractivity contribution is 7.47. The summed E-state index contributed by atoms with van der Waals surface area (Å²) in [5.74, 6) is -1.34. The van der Waals surface area contributed by atoms with Crippen molar-refractivity contribution in [2.75, 3.05) is 26.4 Å². The van der Waals surface area contributed by atoms with E-state index in [2.05, 4.69) is 65.4 Å². The molecule has 61 heavy (non-hydrogen) atoms. The summed E-state index contributed by atoms with van der Waals surface area (Å²) >= 11 is 0. The Bertz CT molecular complexity index is 1340. The normalized spacial score (nSPS) is 15.6. The number of aliphatic hydroxyl groups is 3. The summed E-state index contributed by atoms with van der Waals surface area (Å²) in [5.41, 5.74) is 0. The van der Waals surface area contributed by atoms with Crippen LogP contribution in [0.4, 0.5) is 0 Å². The summed E-state index contributed by atoms with van der Waals surface area (Å²) in [4.78, 5) is 52.7. The zero-order valence-electron chi connectivity index (χ0n) is 36.7. The second kappa shape index (κ2) is 39.3. The first kappa shape index (κ1) is 58.7. The van der Waals surface area contributed by atoms with E-state index in [0.29, 0.717) is 12.8 Å². The summed E-state index contributed by atoms with van der Waals surface area (Å²) < 4.78 is 47.6. The molecule has 0 heterocycles. The number of allylic oxidation sites excluding steroid dienone is 9. The fraction of sp³-hybridized carbons (Fsp3) is 0.727. The lowest BCUT2D eigenvalue weighted by Crippen LogP contribution is -2.30. The lowest BCUT2D eigenvalue weighted by Gasteiger charge is -2.21. The van der Waals surface area contributed by atoms with Crippen LogP contribution in [0.2, 0.25) is 0 Å². The maximum absolute atomic E-state index is 12.7. The Kier molecular flexibility index (Phi) is 37.9. The molecular formula is C44H78O15P2. The molecule has 0 saturated heterocycles. The van der Waals surface area contributed by atoms with Crippen LogP contribution in [0.25, 0.3) is 0 Å². The molecule has 0 amide bonds. The molecule has 15 nitrogen and oxygen atoms in total. The molecular weight excluding hydrogens is 830 g/mol. The second-order valence-corrected chi connectivity index (χ2v) is 17.6. The molecule has 5 atom stereocenters. The number of rotatable bonds is 41. The molecule has 0 aromatic carbocycles. The van der Waals surface area contributed by atoms with Crippen molar-refractivity contribution in [3.05, 3.63) is 60.8 Å². The molecule has 0 bridgehead atoms. The second-order valence-electron chi connectivity index (χ2n) is 14.9. The summed E-state index contributed by atoms with van der Waals surface area (Å²) in [6.07, 6.45) is 33.8.